The standard InChI is InChI=1S/C17H19N/c1-2-12-11-17(18)16-10-6-5-9-15(16)14-8-4-3-7-13(12)14/h3-10,12,17H,2,11,18H2,1H3/t12-,17-/m0/s1. The van der Waals surface area contributed by atoms with E-state index in [2.05, 4.69) is 55.5 Å². The first kappa shape index (κ1) is 11.5. The maximum absolute atomic E-state index is 6.39. The zero-order valence-electron chi connectivity index (χ0n) is 10.8. The van der Waals surface area contributed by atoms with Gasteiger partial charge in [-0.2, -0.15) is 0 Å². The summed E-state index contributed by atoms with van der Waals surface area (Å²) in [4.78, 5) is 0. The topological polar surface area (TPSA) is 26.0 Å². The van der Waals surface area contributed by atoms with Gasteiger partial charge in [-0.1, -0.05) is 55.5 Å². The van der Waals surface area contributed by atoms with E-state index in [0.29, 0.717) is 5.92 Å². The third kappa shape index (κ3) is 1.75. The lowest BCUT2D eigenvalue weighted by Gasteiger charge is -2.17. The summed E-state index contributed by atoms with van der Waals surface area (Å²) in [6.45, 7) is 2.25. The Bertz CT molecular complexity index is 559. The molecule has 0 aliphatic heterocycles. The van der Waals surface area contributed by atoms with Crippen LogP contribution in [0.1, 0.15) is 42.9 Å². The fourth-order valence-electron chi connectivity index (χ4n) is 3.11. The molecule has 2 aromatic rings. The Morgan fingerprint density at radius 3 is 2.17 bits per heavy atom. The Kier molecular flexibility index (Phi) is 2.92. The lowest BCUT2D eigenvalue weighted by Crippen LogP contribution is -2.12. The first-order chi connectivity index (χ1) is 8.81. The summed E-state index contributed by atoms with van der Waals surface area (Å²) in [5, 5.41) is 0. The normalized spacial score (nSPS) is 21.9. The van der Waals surface area contributed by atoms with Crippen molar-refractivity contribution in [3.05, 3.63) is 59.7 Å². The van der Waals surface area contributed by atoms with E-state index < -0.39 is 0 Å². The van der Waals surface area contributed by atoms with Crippen LogP contribution in [0.3, 0.4) is 0 Å². The van der Waals surface area contributed by atoms with Crippen molar-refractivity contribution in [2.24, 2.45) is 5.73 Å². The second-order valence-electron chi connectivity index (χ2n) is 5.12. The Labute approximate surface area is 109 Å². The molecule has 2 atom stereocenters. The minimum Gasteiger partial charge on any atom is -0.324 e. The van der Waals surface area contributed by atoms with Gasteiger partial charge in [-0.15, -0.1) is 0 Å². The lowest BCUT2D eigenvalue weighted by molar-refractivity contribution is 0.538. The summed E-state index contributed by atoms with van der Waals surface area (Å²) < 4.78 is 0. The van der Waals surface area contributed by atoms with Gasteiger partial charge in [0.2, 0.25) is 0 Å². The van der Waals surface area contributed by atoms with Crippen LogP contribution >= 0.6 is 0 Å². The van der Waals surface area contributed by atoms with E-state index >= 15 is 0 Å². The number of nitrogens with two attached hydrogens (primary N) is 1. The molecular formula is C17H19N. The van der Waals surface area contributed by atoms with Crippen molar-refractivity contribution in [2.45, 2.75) is 31.7 Å². The molecule has 0 radical (unpaired) electrons. The van der Waals surface area contributed by atoms with Gasteiger partial charge in [-0.25, -0.2) is 0 Å². The lowest BCUT2D eigenvalue weighted by atomic mass is 9.89. The molecule has 1 aliphatic carbocycles. The van der Waals surface area contributed by atoms with Crippen LogP contribution in [0.15, 0.2) is 48.5 Å². The molecular weight excluding hydrogens is 218 g/mol. The van der Waals surface area contributed by atoms with Crippen LogP contribution in [0.2, 0.25) is 0 Å². The van der Waals surface area contributed by atoms with E-state index in [9.17, 15) is 0 Å². The average molecular weight is 237 g/mol. The molecule has 0 aromatic heterocycles. The molecule has 0 amide bonds. The summed E-state index contributed by atoms with van der Waals surface area (Å²) >= 11 is 0. The molecule has 3 rings (SSSR count). The molecule has 0 heterocycles. The van der Waals surface area contributed by atoms with Gasteiger partial charge < -0.3 is 5.73 Å². The molecule has 0 saturated heterocycles. The van der Waals surface area contributed by atoms with Crippen molar-refractivity contribution in [2.75, 3.05) is 0 Å². The van der Waals surface area contributed by atoms with Crippen LogP contribution in [0.5, 0.6) is 0 Å². The van der Waals surface area contributed by atoms with Gasteiger partial charge in [0.1, 0.15) is 0 Å². The van der Waals surface area contributed by atoms with E-state index in [1.165, 1.54) is 22.3 Å². The minimum atomic E-state index is 0.151. The second kappa shape index (κ2) is 4.58. The van der Waals surface area contributed by atoms with Gasteiger partial charge in [-0.05, 0) is 41.0 Å². The highest BCUT2D eigenvalue weighted by atomic mass is 14.6. The van der Waals surface area contributed by atoms with Gasteiger partial charge in [0.25, 0.3) is 0 Å². The van der Waals surface area contributed by atoms with Crippen LogP contribution in [-0.4, -0.2) is 0 Å². The van der Waals surface area contributed by atoms with Gasteiger partial charge in [0.15, 0.2) is 0 Å². The number of fused-ring (bicyclic) bond motifs is 3. The fraction of sp³-hybridized carbons (Fsp3) is 0.294. The van der Waals surface area contributed by atoms with E-state index in [0.717, 1.165) is 12.8 Å². The summed E-state index contributed by atoms with van der Waals surface area (Å²) in [6.07, 6.45) is 2.20. The molecule has 1 aliphatic rings. The Morgan fingerprint density at radius 2 is 1.50 bits per heavy atom. The molecule has 0 bridgehead atoms. The predicted octanol–water partition coefficient (Wildman–Crippen LogP) is 4.25. The van der Waals surface area contributed by atoms with Crippen LogP contribution in [0, 0.1) is 0 Å². The molecule has 0 spiro atoms. The largest absolute Gasteiger partial charge is 0.324 e. The maximum Gasteiger partial charge on any atom is 0.0306 e. The summed E-state index contributed by atoms with van der Waals surface area (Å²) in [5.74, 6) is 0.573. The van der Waals surface area contributed by atoms with Gasteiger partial charge >= 0.3 is 0 Å². The highest BCUT2D eigenvalue weighted by Crippen LogP contribution is 2.42. The van der Waals surface area contributed by atoms with Crippen LogP contribution < -0.4 is 5.73 Å². The first-order valence-electron chi connectivity index (χ1n) is 6.75. The quantitative estimate of drug-likeness (QED) is 0.788. The van der Waals surface area contributed by atoms with Crippen molar-refractivity contribution in [3.8, 4) is 11.1 Å². The van der Waals surface area contributed by atoms with Gasteiger partial charge in [-0.3, -0.25) is 0 Å². The van der Waals surface area contributed by atoms with E-state index in [4.69, 9.17) is 5.73 Å². The summed E-state index contributed by atoms with van der Waals surface area (Å²) in [5.41, 5.74) is 11.8. The van der Waals surface area contributed by atoms with E-state index in [1.807, 2.05) is 0 Å². The highest BCUT2D eigenvalue weighted by Gasteiger charge is 2.24. The molecule has 0 saturated carbocycles. The van der Waals surface area contributed by atoms with Crippen molar-refractivity contribution in [3.63, 3.8) is 0 Å². The molecule has 2 aromatic carbocycles. The number of rotatable bonds is 1. The molecule has 0 unspecified atom stereocenters. The summed E-state index contributed by atoms with van der Waals surface area (Å²) in [7, 11) is 0. The molecule has 92 valence electrons. The van der Waals surface area contributed by atoms with Gasteiger partial charge in [0, 0.05) is 6.04 Å². The van der Waals surface area contributed by atoms with E-state index in [-0.39, 0.29) is 6.04 Å². The zero-order valence-corrected chi connectivity index (χ0v) is 10.8. The molecule has 18 heavy (non-hydrogen) atoms. The number of benzene rings is 2. The Hall–Kier alpha value is -1.60. The van der Waals surface area contributed by atoms with Crippen molar-refractivity contribution < 1.29 is 0 Å². The Balaban J connectivity index is 2.26. The third-order valence-electron chi connectivity index (χ3n) is 4.08. The van der Waals surface area contributed by atoms with Crippen LogP contribution in [0.25, 0.3) is 11.1 Å². The SMILES string of the molecule is CC[C@H]1C[C@H](N)c2ccccc2-c2ccccc21. The first-order valence-corrected chi connectivity index (χ1v) is 6.75. The third-order valence-corrected chi connectivity index (χ3v) is 4.08. The van der Waals surface area contributed by atoms with Crippen LogP contribution in [-0.2, 0) is 0 Å². The number of hydrogen-bond acceptors (Lipinski definition) is 1. The second-order valence-corrected chi connectivity index (χ2v) is 5.12. The van der Waals surface area contributed by atoms with Crippen molar-refractivity contribution in [1.82, 2.24) is 0 Å². The summed E-state index contributed by atoms with van der Waals surface area (Å²) in [6, 6.07) is 17.5. The molecule has 1 heteroatoms. The van der Waals surface area contributed by atoms with Crippen molar-refractivity contribution in [1.29, 1.82) is 0 Å². The monoisotopic (exact) mass is 237 g/mol. The van der Waals surface area contributed by atoms with Gasteiger partial charge in [0.05, 0.1) is 0 Å². The van der Waals surface area contributed by atoms with E-state index in [1.54, 1.807) is 0 Å². The zero-order chi connectivity index (χ0) is 12.5. The van der Waals surface area contributed by atoms with Crippen LogP contribution in [0.4, 0.5) is 0 Å². The average Bonchev–Trinajstić information content (AvgIpc) is 2.55. The smallest absolute Gasteiger partial charge is 0.0306 e. The predicted molar refractivity (Wildman–Crippen MR) is 76.5 cm³/mol. The molecule has 1 nitrogen and oxygen atoms in total. The maximum atomic E-state index is 6.39. The fourth-order valence-corrected chi connectivity index (χ4v) is 3.11. The minimum absolute atomic E-state index is 0.151. The molecule has 2 N–H and O–H groups in total. The highest BCUT2D eigenvalue weighted by molar-refractivity contribution is 5.73. The molecule has 0 fully saturated rings. The Morgan fingerprint density at radius 1 is 0.944 bits per heavy atom. The van der Waals surface area contributed by atoms with Crippen molar-refractivity contribution >= 4 is 0 Å². The number of hydrogen-bond donors (Lipinski definition) is 1.